The molecule has 0 fully saturated rings. The van der Waals surface area contributed by atoms with Crippen LogP contribution in [0.3, 0.4) is 0 Å². The molecule has 0 saturated heterocycles. The van der Waals surface area contributed by atoms with Crippen molar-refractivity contribution in [3.8, 4) is 11.1 Å². The van der Waals surface area contributed by atoms with Gasteiger partial charge < -0.3 is 0 Å². The van der Waals surface area contributed by atoms with Crippen LogP contribution in [0.15, 0.2) is 24.3 Å². The molecule has 4 rings (SSSR count). The van der Waals surface area contributed by atoms with Gasteiger partial charge in [-0.15, -0.1) is 0 Å². The van der Waals surface area contributed by atoms with E-state index >= 15 is 0 Å². The SMILES string of the molecule is Cc1nc2c(-c3ccc(Cl)cc3)c(C)nn2c2c1CCCC2. The van der Waals surface area contributed by atoms with Gasteiger partial charge in [-0.25, -0.2) is 9.50 Å². The van der Waals surface area contributed by atoms with E-state index in [1.165, 1.54) is 24.1 Å². The molecular formula is C18H18ClN3. The predicted molar refractivity (Wildman–Crippen MR) is 89.5 cm³/mol. The summed E-state index contributed by atoms with van der Waals surface area (Å²) in [4.78, 5) is 4.88. The van der Waals surface area contributed by atoms with E-state index in [1.807, 2.05) is 24.3 Å². The zero-order valence-corrected chi connectivity index (χ0v) is 13.6. The number of hydrogen-bond acceptors (Lipinski definition) is 2. The lowest BCUT2D eigenvalue weighted by atomic mass is 9.95. The maximum Gasteiger partial charge on any atom is 0.163 e. The van der Waals surface area contributed by atoms with Gasteiger partial charge in [0.2, 0.25) is 0 Å². The van der Waals surface area contributed by atoms with Crippen LogP contribution in [0.1, 0.15) is 35.5 Å². The molecule has 1 aromatic carbocycles. The second-order valence-electron chi connectivity index (χ2n) is 6.03. The van der Waals surface area contributed by atoms with Crippen LogP contribution in [-0.2, 0) is 12.8 Å². The van der Waals surface area contributed by atoms with Gasteiger partial charge in [-0.1, -0.05) is 23.7 Å². The summed E-state index contributed by atoms with van der Waals surface area (Å²) in [5, 5.41) is 5.54. The Balaban J connectivity index is 2.02. The number of hydrogen-bond donors (Lipinski definition) is 0. The second kappa shape index (κ2) is 5.10. The van der Waals surface area contributed by atoms with Crippen molar-refractivity contribution in [2.24, 2.45) is 0 Å². The monoisotopic (exact) mass is 311 g/mol. The predicted octanol–water partition coefficient (Wildman–Crippen LogP) is 4.55. The molecule has 1 aliphatic rings. The van der Waals surface area contributed by atoms with Crippen molar-refractivity contribution < 1.29 is 0 Å². The fourth-order valence-corrected chi connectivity index (χ4v) is 3.63. The van der Waals surface area contributed by atoms with Crippen LogP contribution >= 0.6 is 11.6 Å². The van der Waals surface area contributed by atoms with E-state index in [2.05, 4.69) is 18.4 Å². The molecule has 1 aliphatic carbocycles. The Kier molecular flexibility index (Phi) is 3.19. The van der Waals surface area contributed by atoms with Crippen LogP contribution in [0.25, 0.3) is 16.8 Å². The fourth-order valence-electron chi connectivity index (χ4n) is 3.50. The number of benzene rings is 1. The highest BCUT2D eigenvalue weighted by Crippen LogP contribution is 2.32. The number of nitrogens with zero attached hydrogens (tertiary/aromatic N) is 3. The lowest BCUT2D eigenvalue weighted by Crippen LogP contribution is -2.13. The quantitative estimate of drug-likeness (QED) is 0.660. The summed E-state index contributed by atoms with van der Waals surface area (Å²) in [5.41, 5.74) is 8.12. The Bertz CT molecular complexity index is 862. The summed E-state index contributed by atoms with van der Waals surface area (Å²) in [5.74, 6) is 0. The lowest BCUT2D eigenvalue weighted by Gasteiger charge is -2.18. The molecule has 0 bridgehead atoms. The average Bonchev–Trinajstić information content (AvgIpc) is 2.85. The fraction of sp³-hybridized carbons (Fsp3) is 0.333. The molecule has 3 nitrogen and oxygen atoms in total. The van der Waals surface area contributed by atoms with Gasteiger partial charge in [0.05, 0.1) is 5.69 Å². The summed E-state index contributed by atoms with van der Waals surface area (Å²) in [6, 6.07) is 7.93. The van der Waals surface area contributed by atoms with Gasteiger partial charge in [0.1, 0.15) is 0 Å². The van der Waals surface area contributed by atoms with Crippen molar-refractivity contribution >= 4 is 17.2 Å². The molecule has 0 radical (unpaired) electrons. The highest BCUT2D eigenvalue weighted by atomic mass is 35.5. The van der Waals surface area contributed by atoms with Crippen molar-refractivity contribution in [1.82, 2.24) is 14.6 Å². The van der Waals surface area contributed by atoms with E-state index in [9.17, 15) is 0 Å². The van der Waals surface area contributed by atoms with E-state index in [0.717, 1.165) is 46.0 Å². The minimum absolute atomic E-state index is 0.749. The first-order valence-electron chi connectivity index (χ1n) is 7.79. The highest BCUT2D eigenvalue weighted by molar-refractivity contribution is 6.30. The minimum atomic E-state index is 0.749. The Morgan fingerprint density at radius 3 is 2.50 bits per heavy atom. The number of halogens is 1. The van der Waals surface area contributed by atoms with E-state index in [4.69, 9.17) is 21.7 Å². The molecule has 0 spiro atoms. The van der Waals surface area contributed by atoms with E-state index in [1.54, 1.807) is 0 Å². The third kappa shape index (κ3) is 2.03. The summed E-state index contributed by atoms with van der Waals surface area (Å²) >= 11 is 6.01. The first kappa shape index (κ1) is 13.8. The maximum absolute atomic E-state index is 6.01. The number of rotatable bonds is 1. The average molecular weight is 312 g/mol. The van der Waals surface area contributed by atoms with Gasteiger partial charge in [0.15, 0.2) is 5.65 Å². The molecule has 0 atom stereocenters. The Labute approximate surface area is 135 Å². The molecule has 0 aliphatic heterocycles. The van der Waals surface area contributed by atoms with Crippen LogP contribution in [0.4, 0.5) is 0 Å². The molecule has 0 N–H and O–H groups in total. The lowest BCUT2D eigenvalue weighted by molar-refractivity contribution is 0.634. The van der Waals surface area contributed by atoms with Crippen LogP contribution < -0.4 is 0 Å². The standard InChI is InChI=1S/C18H18ClN3/c1-11-15-5-3-4-6-16(15)22-18(20-11)17(12(2)21-22)13-7-9-14(19)10-8-13/h7-10H,3-6H2,1-2H3. The maximum atomic E-state index is 6.01. The molecule has 0 saturated carbocycles. The number of aromatic nitrogens is 3. The molecule has 22 heavy (non-hydrogen) atoms. The topological polar surface area (TPSA) is 30.2 Å². The largest absolute Gasteiger partial charge is 0.233 e. The zero-order chi connectivity index (χ0) is 15.3. The molecule has 2 heterocycles. The molecule has 2 aromatic heterocycles. The van der Waals surface area contributed by atoms with Crippen LogP contribution in [0.5, 0.6) is 0 Å². The minimum Gasteiger partial charge on any atom is -0.233 e. The molecule has 112 valence electrons. The Morgan fingerprint density at radius 2 is 1.73 bits per heavy atom. The molecule has 0 unspecified atom stereocenters. The van der Waals surface area contributed by atoms with Crippen molar-refractivity contribution in [3.63, 3.8) is 0 Å². The molecule has 3 aromatic rings. The normalized spacial score (nSPS) is 14.3. The third-order valence-electron chi connectivity index (χ3n) is 4.57. The molecule has 4 heteroatoms. The van der Waals surface area contributed by atoms with E-state index in [-0.39, 0.29) is 0 Å². The highest BCUT2D eigenvalue weighted by Gasteiger charge is 2.21. The summed E-state index contributed by atoms with van der Waals surface area (Å²) in [6.07, 6.45) is 4.71. The number of aryl methyl sites for hydroxylation is 3. The summed E-state index contributed by atoms with van der Waals surface area (Å²) in [7, 11) is 0. The Hall–Kier alpha value is -1.87. The van der Waals surface area contributed by atoms with Crippen molar-refractivity contribution in [2.45, 2.75) is 39.5 Å². The van der Waals surface area contributed by atoms with Crippen LogP contribution in [0.2, 0.25) is 5.02 Å². The van der Waals surface area contributed by atoms with Gasteiger partial charge >= 0.3 is 0 Å². The smallest absolute Gasteiger partial charge is 0.163 e. The van der Waals surface area contributed by atoms with Gasteiger partial charge in [-0.3, -0.25) is 0 Å². The first-order chi connectivity index (χ1) is 10.6. The van der Waals surface area contributed by atoms with Crippen molar-refractivity contribution in [3.05, 3.63) is 51.9 Å². The van der Waals surface area contributed by atoms with Crippen LogP contribution in [-0.4, -0.2) is 14.6 Å². The van der Waals surface area contributed by atoms with E-state index in [0.29, 0.717) is 0 Å². The number of fused-ring (bicyclic) bond motifs is 3. The summed E-state index contributed by atoms with van der Waals surface area (Å²) in [6.45, 7) is 4.18. The van der Waals surface area contributed by atoms with E-state index < -0.39 is 0 Å². The van der Waals surface area contributed by atoms with Gasteiger partial charge in [-0.2, -0.15) is 5.10 Å². The first-order valence-corrected chi connectivity index (χ1v) is 8.16. The molecule has 0 amide bonds. The zero-order valence-electron chi connectivity index (χ0n) is 12.9. The van der Waals surface area contributed by atoms with Crippen molar-refractivity contribution in [1.29, 1.82) is 0 Å². The Morgan fingerprint density at radius 1 is 1.00 bits per heavy atom. The summed E-state index contributed by atoms with van der Waals surface area (Å²) < 4.78 is 2.07. The van der Waals surface area contributed by atoms with Crippen molar-refractivity contribution in [2.75, 3.05) is 0 Å². The molecular weight excluding hydrogens is 294 g/mol. The second-order valence-corrected chi connectivity index (χ2v) is 6.47. The van der Waals surface area contributed by atoms with Crippen LogP contribution in [0, 0.1) is 13.8 Å². The van der Waals surface area contributed by atoms with Gasteiger partial charge in [-0.05, 0) is 62.8 Å². The van der Waals surface area contributed by atoms with Gasteiger partial charge in [0.25, 0.3) is 0 Å². The third-order valence-corrected chi connectivity index (χ3v) is 4.83. The van der Waals surface area contributed by atoms with Gasteiger partial charge in [0, 0.05) is 22.0 Å².